The van der Waals surface area contributed by atoms with Crippen LogP contribution in [0.25, 0.3) is 11.0 Å². The predicted molar refractivity (Wildman–Crippen MR) is 56.0 cm³/mol. The van der Waals surface area contributed by atoms with Crippen LogP contribution < -0.4 is 0 Å². The van der Waals surface area contributed by atoms with Gasteiger partial charge >= 0.3 is 0 Å². The van der Waals surface area contributed by atoms with E-state index in [4.69, 9.17) is 0 Å². The summed E-state index contributed by atoms with van der Waals surface area (Å²) in [7, 11) is 0. The van der Waals surface area contributed by atoms with Gasteiger partial charge in [0.15, 0.2) is 0 Å². The molecule has 0 fully saturated rings. The quantitative estimate of drug-likeness (QED) is 0.635. The molecule has 0 spiro atoms. The van der Waals surface area contributed by atoms with E-state index in [2.05, 4.69) is 35.7 Å². The smallest absolute Gasteiger partial charge is 0.111 e. The molecule has 0 atom stereocenters. The molecule has 0 saturated carbocycles. The zero-order valence-corrected chi connectivity index (χ0v) is 8.65. The summed E-state index contributed by atoms with van der Waals surface area (Å²) in [5, 5.41) is 0. The molecular weight excluding hydrogens is 174 g/mol. The van der Waals surface area contributed by atoms with Gasteiger partial charge in [-0.3, -0.25) is 15.0 Å². The zero-order chi connectivity index (χ0) is 10.2. The molecule has 0 bridgehead atoms. The first kappa shape index (κ1) is 9.06. The fraction of sp³-hybridized carbons (Fsp3) is 0.364. The Morgan fingerprint density at radius 1 is 0.929 bits per heavy atom. The Hall–Kier alpha value is -1.51. The molecule has 0 N–H and O–H groups in total. The van der Waals surface area contributed by atoms with Gasteiger partial charge in [0.05, 0.1) is 11.2 Å². The Bertz CT molecular complexity index is 452. The minimum Gasteiger partial charge on any atom is -0.258 e. The van der Waals surface area contributed by atoms with E-state index in [1.807, 2.05) is 6.07 Å². The molecule has 2 aromatic heterocycles. The molecule has 0 amide bonds. The van der Waals surface area contributed by atoms with Crippen LogP contribution in [0.4, 0.5) is 0 Å². The molecule has 2 rings (SSSR count). The second-order valence-electron chi connectivity index (χ2n) is 4.33. The molecule has 0 aliphatic carbocycles. The van der Waals surface area contributed by atoms with Gasteiger partial charge in [-0.05, 0) is 6.07 Å². The zero-order valence-electron chi connectivity index (χ0n) is 8.65. The molecule has 0 unspecified atom stereocenters. The summed E-state index contributed by atoms with van der Waals surface area (Å²) < 4.78 is 0. The lowest BCUT2D eigenvalue weighted by Gasteiger charge is -2.18. The summed E-state index contributed by atoms with van der Waals surface area (Å²) in [6.45, 7) is 6.39. The second kappa shape index (κ2) is 3.01. The molecule has 0 aliphatic heterocycles. The molecule has 0 saturated heterocycles. The van der Waals surface area contributed by atoms with Gasteiger partial charge in [-0.25, -0.2) is 0 Å². The van der Waals surface area contributed by atoms with Gasteiger partial charge < -0.3 is 0 Å². The summed E-state index contributed by atoms with van der Waals surface area (Å²) in [4.78, 5) is 13.0. The number of hydrogen-bond donors (Lipinski definition) is 0. The fourth-order valence-corrected chi connectivity index (χ4v) is 1.45. The van der Waals surface area contributed by atoms with Crippen molar-refractivity contribution in [2.24, 2.45) is 0 Å². The number of rotatable bonds is 0. The van der Waals surface area contributed by atoms with Crippen molar-refractivity contribution in [3.8, 4) is 0 Å². The van der Waals surface area contributed by atoms with Gasteiger partial charge in [0, 0.05) is 24.0 Å². The Balaban J connectivity index is 2.78. The second-order valence-corrected chi connectivity index (χ2v) is 4.33. The third-order valence-corrected chi connectivity index (χ3v) is 2.10. The van der Waals surface area contributed by atoms with Crippen molar-refractivity contribution in [2.45, 2.75) is 26.2 Å². The lowest BCUT2D eigenvalue weighted by Crippen LogP contribution is -2.14. The van der Waals surface area contributed by atoms with E-state index < -0.39 is 0 Å². The van der Waals surface area contributed by atoms with Crippen molar-refractivity contribution in [3.05, 3.63) is 30.4 Å². The number of hydrogen-bond acceptors (Lipinski definition) is 3. The van der Waals surface area contributed by atoms with Crippen LogP contribution in [0.3, 0.4) is 0 Å². The summed E-state index contributed by atoms with van der Waals surface area (Å²) in [5.41, 5.74) is 2.83. The van der Waals surface area contributed by atoms with Crippen molar-refractivity contribution in [1.82, 2.24) is 15.0 Å². The first-order valence-corrected chi connectivity index (χ1v) is 4.65. The molecule has 14 heavy (non-hydrogen) atoms. The molecule has 3 nitrogen and oxygen atoms in total. The van der Waals surface area contributed by atoms with E-state index in [1.165, 1.54) is 0 Å². The Morgan fingerprint density at radius 2 is 1.64 bits per heavy atom. The third-order valence-electron chi connectivity index (χ3n) is 2.10. The van der Waals surface area contributed by atoms with Crippen LogP contribution in [0.2, 0.25) is 0 Å². The average Bonchev–Trinajstić information content (AvgIpc) is 2.15. The van der Waals surface area contributed by atoms with Crippen molar-refractivity contribution in [2.75, 3.05) is 0 Å². The standard InChI is InChI=1S/C11H13N3/c1-11(2,3)10-9-8(4-5-14-10)12-6-7-13-9/h4-7H,1-3H3. The normalized spacial score (nSPS) is 11.9. The molecule has 0 radical (unpaired) electrons. The summed E-state index contributed by atoms with van der Waals surface area (Å²) in [6, 6.07) is 1.89. The highest BCUT2D eigenvalue weighted by Gasteiger charge is 2.19. The van der Waals surface area contributed by atoms with Gasteiger partial charge in [0.1, 0.15) is 5.52 Å². The predicted octanol–water partition coefficient (Wildman–Crippen LogP) is 2.32. The Morgan fingerprint density at radius 3 is 2.36 bits per heavy atom. The van der Waals surface area contributed by atoms with E-state index in [9.17, 15) is 0 Å². The van der Waals surface area contributed by atoms with Crippen molar-refractivity contribution >= 4 is 11.0 Å². The van der Waals surface area contributed by atoms with Crippen LogP contribution in [-0.2, 0) is 5.41 Å². The van der Waals surface area contributed by atoms with Crippen LogP contribution in [-0.4, -0.2) is 15.0 Å². The number of pyridine rings is 1. The Labute approximate surface area is 83.2 Å². The minimum absolute atomic E-state index is 0.00947. The van der Waals surface area contributed by atoms with E-state index in [0.717, 1.165) is 16.7 Å². The molecule has 2 aromatic rings. The van der Waals surface area contributed by atoms with E-state index in [-0.39, 0.29) is 5.41 Å². The topological polar surface area (TPSA) is 38.7 Å². The molecule has 3 heteroatoms. The summed E-state index contributed by atoms with van der Waals surface area (Å²) in [6.07, 6.45) is 5.20. The maximum atomic E-state index is 4.38. The number of fused-ring (bicyclic) bond motifs is 1. The van der Waals surface area contributed by atoms with Gasteiger partial charge in [0.25, 0.3) is 0 Å². The fourth-order valence-electron chi connectivity index (χ4n) is 1.45. The number of aromatic nitrogens is 3. The lowest BCUT2D eigenvalue weighted by molar-refractivity contribution is 0.574. The molecule has 0 aliphatic rings. The van der Waals surface area contributed by atoms with Gasteiger partial charge in [-0.1, -0.05) is 20.8 Å². The minimum atomic E-state index is 0.00947. The summed E-state index contributed by atoms with van der Waals surface area (Å²) >= 11 is 0. The highest BCUT2D eigenvalue weighted by Crippen LogP contribution is 2.24. The monoisotopic (exact) mass is 187 g/mol. The van der Waals surface area contributed by atoms with Gasteiger partial charge in [0.2, 0.25) is 0 Å². The van der Waals surface area contributed by atoms with Gasteiger partial charge in [-0.2, -0.15) is 0 Å². The van der Waals surface area contributed by atoms with Crippen molar-refractivity contribution in [3.63, 3.8) is 0 Å². The first-order chi connectivity index (χ1) is 6.59. The molecule has 2 heterocycles. The maximum Gasteiger partial charge on any atom is 0.111 e. The van der Waals surface area contributed by atoms with E-state index in [0.29, 0.717) is 0 Å². The van der Waals surface area contributed by atoms with Crippen molar-refractivity contribution < 1.29 is 0 Å². The lowest BCUT2D eigenvalue weighted by atomic mass is 9.91. The van der Waals surface area contributed by atoms with Crippen LogP contribution in [0.5, 0.6) is 0 Å². The van der Waals surface area contributed by atoms with Crippen LogP contribution in [0.1, 0.15) is 26.5 Å². The van der Waals surface area contributed by atoms with Crippen LogP contribution in [0, 0.1) is 0 Å². The summed E-state index contributed by atoms with van der Waals surface area (Å²) in [5.74, 6) is 0. The third kappa shape index (κ3) is 1.45. The van der Waals surface area contributed by atoms with E-state index in [1.54, 1.807) is 18.6 Å². The average molecular weight is 187 g/mol. The number of nitrogens with zero attached hydrogens (tertiary/aromatic N) is 3. The highest BCUT2D eigenvalue weighted by molar-refractivity contribution is 5.76. The Kier molecular flexibility index (Phi) is 1.95. The molecule has 72 valence electrons. The van der Waals surface area contributed by atoms with Crippen LogP contribution in [0.15, 0.2) is 24.7 Å². The molecular formula is C11H13N3. The van der Waals surface area contributed by atoms with Gasteiger partial charge in [-0.15, -0.1) is 0 Å². The largest absolute Gasteiger partial charge is 0.258 e. The molecule has 0 aromatic carbocycles. The van der Waals surface area contributed by atoms with E-state index >= 15 is 0 Å². The van der Waals surface area contributed by atoms with Crippen molar-refractivity contribution in [1.29, 1.82) is 0 Å². The first-order valence-electron chi connectivity index (χ1n) is 4.65. The highest BCUT2D eigenvalue weighted by atomic mass is 14.8. The SMILES string of the molecule is CC(C)(C)c1nccc2nccnc12. The van der Waals surface area contributed by atoms with Crippen LogP contribution >= 0.6 is 0 Å². The maximum absolute atomic E-state index is 4.38.